The van der Waals surface area contributed by atoms with E-state index in [9.17, 15) is 4.79 Å². The van der Waals surface area contributed by atoms with Crippen LogP contribution in [0.15, 0.2) is 18.2 Å². The molecule has 1 aromatic carbocycles. The predicted molar refractivity (Wildman–Crippen MR) is 79.2 cm³/mol. The first kappa shape index (κ1) is 15.9. The van der Waals surface area contributed by atoms with Crippen LogP contribution < -0.4 is 14.8 Å². The monoisotopic (exact) mass is 275 g/mol. The lowest BCUT2D eigenvalue weighted by Gasteiger charge is -2.14. The van der Waals surface area contributed by atoms with Gasteiger partial charge in [0.1, 0.15) is 0 Å². The number of rotatable bonds is 7. The molecule has 1 N–H and O–H groups in total. The molecule has 4 heteroatoms. The topological polar surface area (TPSA) is 47.6 Å². The average molecular weight is 275 g/mol. The third-order valence-electron chi connectivity index (χ3n) is 2.72. The SMILES string of the molecule is C#CC(CC)NC(=O)c1ccc(OCC)c(OCC)c1. The Bertz CT molecular complexity index is 491. The highest BCUT2D eigenvalue weighted by molar-refractivity contribution is 5.95. The van der Waals surface area contributed by atoms with E-state index in [1.807, 2.05) is 20.8 Å². The van der Waals surface area contributed by atoms with E-state index in [1.165, 1.54) is 0 Å². The van der Waals surface area contributed by atoms with Crippen LogP contribution in [-0.4, -0.2) is 25.2 Å². The number of hydrogen-bond donors (Lipinski definition) is 1. The van der Waals surface area contributed by atoms with Gasteiger partial charge in [-0.3, -0.25) is 4.79 Å². The fraction of sp³-hybridized carbons (Fsp3) is 0.438. The highest BCUT2D eigenvalue weighted by atomic mass is 16.5. The number of carbonyl (C=O) groups excluding carboxylic acids is 1. The van der Waals surface area contributed by atoms with Gasteiger partial charge in [-0.25, -0.2) is 0 Å². The standard InChI is InChI=1S/C16H21NO3/c1-5-13(6-2)17-16(18)12-9-10-14(19-7-3)15(11-12)20-8-4/h1,9-11,13H,6-8H2,2-4H3,(H,17,18). The summed E-state index contributed by atoms with van der Waals surface area (Å²) in [5, 5.41) is 2.78. The Labute approximate surface area is 120 Å². The van der Waals surface area contributed by atoms with Crippen LogP contribution in [0.2, 0.25) is 0 Å². The fourth-order valence-corrected chi connectivity index (χ4v) is 1.70. The number of terminal acetylenes is 1. The van der Waals surface area contributed by atoms with Crippen LogP contribution in [-0.2, 0) is 0 Å². The summed E-state index contributed by atoms with van der Waals surface area (Å²) in [5.74, 6) is 3.53. The van der Waals surface area contributed by atoms with Gasteiger partial charge in [-0.1, -0.05) is 12.8 Å². The Kier molecular flexibility index (Phi) is 6.45. The van der Waals surface area contributed by atoms with Crippen molar-refractivity contribution in [3.05, 3.63) is 23.8 Å². The molecular weight excluding hydrogens is 254 g/mol. The highest BCUT2D eigenvalue weighted by Crippen LogP contribution is 2.28. The summed E-state index contributed by atoms with van der Waals surface area (Å²) < 4.78 is 11.0. The van der Waals surface area contributed by atoms with Gasteiger partial charge in [-0.15, -0.1) is 6.42 Å². The van der Waals surface area contributed by atoms with E-state index in [0.717, 1.165) is 0 Å². The Morgan fingerprint density at radius 1 is 1.25 bits per heavy atom. The molecule has 4 nitrogen and oxygen atoms in total. The van der Waals surface area contributed by atoms with Crippen molar-refractivity contribution in [3.63, 3.8) is 0 Å². The maximum Gasteiger partial charge on any atom is 0.252 e. The maximum atomic E-state index is 12.1. The third-order valence-corrected chi connectivity index (χ3v) is 2.72. The minimum Gasteiger partial charge on any atom is -0.490 e. The first-order valence-corrected chi connectivity index (χ1v) is 6.82. The molecule has 1 rings (SSSR count). The Morgan fingerprint density at radius 2 is 1.90 bits per heavy atom. The van der Waals surface area contributed by atoms with Crippen molar-refractivity contribution in [2.45, 2.75) is 33.2 Å². The molecule has 1 unspecified atom stereocenters. The molecule has 0 aromatic heterocycles. The zero-order valence-electron chi connectivity index (χ0n) is 12.2. The lowest BCUT2D eigenvalue weighted by molar-refractivity contribution is 0.0944. The Morgan fingerprint density at radius 3 is 2.45 bits per heavy atom. The second-order valence-electron chi connectivity index (χ2n) is 4.13. The molecule has 1 amide bonds. The summed E-state index contributed by atoms with van der Waals surface area (Å²) in [7, 11) is 0. The van der Waals surface area contributed by atoms with E-state index in [-0.39, 0.29) is 11.9 Å². The molecule has 0 aliphatic carbocycles. The molecule has 0 bridgehead atoms. The zero-order chi connectivity index (χ0) is 15.0. The van der Waals surface area contributed by atoms with Crippen molar-refractivity contribution in [1.82, 2.24) is 5.32 Å². The molecule has 0 aliphatic rings. The van der Waals surface area contributed by atoms with Crippen molar-refractivity contribution in [1.29, 1.82) is 0 Å². The number of benzene rings is 1. The molecule has 0 aliphatic heterocycles. The molecule has 20 heavy (non-hydrogen) atoms. The van der Waals surface area contributed by atoms with Gasteiger partial charge in [0.2, 0.25) is 0 Å². The van der Waals surface area contributed by atoms with Gasteiger partial charge in [0, 0.05) is 5.56 Å². The highest BCUT2D eigenvalue weighted by Gasteiger charge is 2.13. The van der Waals surface area contributed by atoms with Crippen LogP contribution in [0.25, 0.3) is 0 Å². The molecule has 0 heterocycles. The maximum absolute atomic E-state index is 12.1. The summed E-state index contributed by atoms with van der Waals surface area (Å²) in [5.41, 5.74) is 0.505. The summed E-state index contributed by atoms with van der Waals surface area (Å²) in [6.45, 7) is 6.76. The molecular formula is C16H21NO3. The third kappa shape index (κ3) is 4.20. The second kappa shape index (κ2) is 8.11. The van der Waals surface area contributed by atoms with E-state index < -0.39 is 0 Å². The number of ether oxygens (including phenoxy) is 2. The van der Waals surface area contributed by atoms with Crippen molar-refractivity contribution < 1.29 is 14.3 Å². The van der Waals surface area contributed by atoms with Crippen molar-refractivity contribution >= 4 is 5.91 Å². The average Bonchev–Trinajstić information content (AvgIpc) is 2.46. The molecule has 0 saturated carbocycles. The molecule has 0 spiro atoms. The number of amides is 1. The van der Waals surface area contributed by atoms with Gasteiger partial charge in [0.15, 0.2) is 11.5 Å². The summed E-state index contributed by atoms with van der Waals surface area (Å²) in [4.78, 5) is 12.1. The van der Waals surface area contributed by atoms with Crippen molar-refractivity contribution in [2.24, 2.45) is 0 Å². The quantitative estimate of drug-likeness (QED) is 0.778. The van der Waals surface area contributed by atoms with Crippen LogP contribution >= 0.6 is 0 Å². The summed E-state index contributed by atoms with van der Waals surface area (Å²) in [6, 6.07) is 4.85. The first-order valence-electron chi connectivity index (χ1n) is 6.82. The second-order valence-corrected chi connectivity index (χ2v) is 4.13. The Balaban J connectivity index is 2.93. The normalized spacial score (nSPS) is 11.3. The zero-order valence-corrected chi connectivity index (χ0v) is 12.2. The molecule has 0 radical (unpaired) electrons. The molecule has 108 valence electrons. The summed E-state index contributed by atoms with van der Waals surface area (Å²) >= 11 is 0. The molecule has 0 saturated heterocycles. The molecule has 1 atom stereocenters. The van der Waals surface area contributed by atoms with E-state index in [4.69, 9.17) is 15.9 Å². The van der Waals surface area contributed by atoms with Gasteiger partial charge < -0.3 is 14.8 Å². The van der Waals surface area contributed by atoms with Crippen LogP contribution in [0.1, 0.15) is 37.6 Å². The fourth-order valence-electron chi connectivity index (χ4n) is 1.70. The smallest absolute Gasteiger partial charge is 0.252 e. The number of nitrogens with one attached hydrogen (secondary N) is 1. The minimum absolute atomic E-state index is 0.209. The van der Waals surface area contributed by atoms with Gasteiger partial charge >= 0.3 is 0 Å². The van der Waals surface area contributed by atoms with E-state index in [0.29, 0.717) is 36.7 Å². The lowest BCUT2D eigenvalue weighted by atomic mass is 10.1. The van der Waals surface area contributed by atoms with E-state index in [2.05, 4.69) is 11.2 Å². The van der Waals surface area contributed by atoms with Crippen LogP contribution in [0.3, 0.4) is 0 Å². The van der Waals surface area contributed by atoms with Crippen LogP contribution in [0.5, 0.6) is 11.5 Å². The lowest BCUT2D eigenvalue weighted by Crippen LogP contribution is -2.33. The number of hydrogen-bond acceptors (Lipinski definition) is 3. The summed E-state index contributed by atoms with van der Waals surface area (Å²) in [6.07, 6.45) is 6.03. The predicted octanol–water partition coefficient (Wildman–Crippen LogP) is 2.63. The van der Waals surface area contributed by atoms with Crippen molar-refractivity contribution in [2.75, 3.05) is 13.2 Å². The van der Waals surface area contributed by atoms with Gasteiger partial charge in [-0.2, -0.15) is 0 Å². The van der Waals surface area contributed by atoms with Gasteiger partial charge in [0.05, 0.1) is 19.3 Å². The van der Waals surface area contributed by atoms with Gasteiger partial charge in [-0.05, 0) is 38.5 Å². The van der Waals surface area contributed by atoms with Crippen LogP contribution in [0.4, 0.5) is 0 Å². The van der Waals surface area contributed by atoms with Crippen molar-refractivity contribution in [3.8, 4) is 23.8 Å². The van der Waals surface area contributed by atoms with E-state index >= 15 is 0 Å². The minimum atomic E-state index is -0.260. The molecule has 1 aromatic rings. The van der Waals surface area contributed by atoms with E-state index in [1.54, 1.807) is 18.2 Å². The molecule has 0 fully saturated rings. The van der Waals surface area contributed by atoms with Gasteiger partial charge in [0.25, 0.3) is 5.91 Å². The largest absolute Gasteiger partial charge is 0.490 e. The Hall–Kier alpha value is -2.15. The first-order chi connectivity index (χ1) is 9.65. The van der Waals surface area contributed by atoms with Crippen LogP contribution in [0, 0.1) is 12.3 Å². The number of carbonyl (C=O) groups is 1.